The van der Waals surface area contributed by atoms with Gasteiger partial charge in [-0.1, -0.05) is 18.2 Å². The number of nitriles is 1. The van der Waals surface area contributed by atoms with Gasteiger partial charge in [-0.25, -0.2) is 0 Å². The molecule has 0 N–H and O–H groups in total. The minimum atomic E-state index is 0.119. The first-order chi connectivity index (χ1) is 8.38. The smallest absolute Gasteiger partial charge is 0.0981 e. The lowest BCUT2D eigenvalue weighted by atomic mass is 10.1. The van der Waals surface area contributed by atoms with Crippen LogP contribution in [0.5, 0.6) is 0 Å². The Morgan fingerprint density at radius 2 is 2.29 bits per heavy atom. The van der Waals surface area contributed by atoms with Crippen molar-refractivity contribution in [1.82, 2.24) is 4.90 Å². The average molecular weight is 242 g/mol. The van der Waals surface area contributed by atoms with Crippen molar-refractivity contribution in [3.8, 4) is 6.07 Å². The Balaban J connectivity index is 1.88. The van der Waals surface area contributed by atoms with E-state index >= 15 is 0 Å². The zero-order chi connectivity index (χ0) is 11.7. The fraction of sp³-hybridized carbons (Fsp3) is 0.357. The van der Waals surface area contributed by atoms with E-state index in [4.69, 9.17) is 5.26 Å². The molecule has 0 aliphatic carbocycles. The molecule has 1 aromatic heterocycles. The quantitative estimate of drug-likeness (QED) is 0.807. The van der Waals surface area contributed by atoms with Gasteiger partial charge in [0.1, 0.15) is 0 Å². The third-order valence-electron chi connectivity index (χ3n) is 3.45. The average Bonchev–Trinajstić information content (AvgIpc) is 2.97. The third-order valence-corrected chi connectivity index (χ3v) is 4.46. The normalized spacial score (nSPS) is 20.8. The van der Waals surface area contributed by atoms with Crippen LogP contribution in [-0.4, -0.2) is 17.5 Å². The maximum Gasteiger partial charge on any atom is 0.0981 e. The van der Waals surface area contributed by atoms with Crippen molar-refractivity contribution in [3.63, 3.8) is 0 Å². The Labute approximate surface area is 105 Å². The van der Waals surface area contributed by atoms with Crippen molar-refractivity contribution in [2.24, 2.45) is 0 Å². The van der Waals surface area contributed by atoms with E-state index < -0.39 is 0 Å². The molecule has 0 spiro atoms. The minimum Gasteiger partial charge on any atom is -0.284 e. The van der Waals surface area contributed by atoms with Gasteiger partial charge in [0.15, 0.2) is 0 Å². The summed E-state index contributed by atoms with van der Waals surface area (Å²) in [4.78, 5) is 2.30. The number of thiophene rings is 1. The zero-order valence-corrected chi connectivity index (χ0v) is 10.4. The third kappa shape index (κ3) is 1.95. The Bertz CT molecular complexity index is 567. The van der Waals surface area contributed by atoms with Crippen LogP contribution in [0.25, 0.3) is 10.1 Å². The molecule has 1 fully saturated rings. The first-order valence-corrected chi connectivity index (χ1v) is 6.85. The lowest BCUT2D eigenvalue weighted by molar-refractivity contribution is 0.288. The first kappa shape index (κ1) is 10.8. The van der Waals surface area contributed by atoms with E-state index in [-0.39, 0.29) is 6.04 Å². The van der Waals surface area contributed by atoms with Crippen molar-refractivity contribution in [2.45, 2.75) is 25.4 Å². The summed E-state index contributed by atoms with van der Waals surface area (Å²) in [5, 5.41) is 12.7. The van der Waals surface area contributed by atoms with Gasteiger partial charge in [-0.2, -0.15) is 5.26 Å². The van der Waals surface area contributed by atoms with Gasteiger partial charge in [0.25, 0.3) is 0 Å². The number of hydrogen-bond donors (Lipinski definition) is 0. The summed E-state index contributed by atoms with van der Waals surface area (Å²) in [6, 6.07) is 11.0. The lowest BCUT2D eigenvalue weighted by Crippen LogP contribution is -2.27. The predicted octanol–water partition coefficient (Wildman–Crippen LogP) is 3.39. The highest BCUT2D eigenvalue weighted by Gasteiger charge is 2.24. The van der Waals surface area contributed by atoms with Crippen LogP contribution in [0, 0.1) is 11.3 Å². The largest absolute Gasteiger partial charge is 0.284 e. The van der Waals surface area contributed by atoms with Crippen molar-refractivity contribution in [2.75, 3.05) is 6.54 Å². The Morgan fingerprint density at radius 3 is 3.18 bits per heavy atom. The van der Waals surface area contributed by atoms with Crippen molar-refractivity contribution >= 4 is 21.4 Å². The van der Waals surface area contributed by atoms with Gasteiger partial charge in [-0.15, -0.1) is 11.3 Å². The minimum absolute atomic E-state index is 0.119. The molecule has 1 unspecified atom stereocenters. The molecule has 3 rings (SSSR count). The monoisotopic (exact) mass is 242 g/mol. The summed E-state index contributed by atoms with van der Waals surface area (Å²) in [5.41, 5.74) is 1.37. The maximum absolute atomic E-state index is 9.09. The second-order valence-electron chi connectivity index (χ2n) is 4.51. The van der Waals surface area contributed by atoms with Gasteiger partial charge < -0.3 is 0 Å². The number of rotatable bonds is 2. The second-order valence-corrected chi connectivity index (χ2v) is 5.43. The summed E-state index contributed by atoms with van der Waals surface area (Å²) >= 11 is 1.80. The number of fused-ring (bicyclic) bond motifs is 1. The number of nitrogens with zero attached hydrogens (tertiary/aromatic N) is 2. The second kappa shape index (κ2) is 4.48. The fourth-order valence-electron chi connectivity index (χ4n) is 2.54. The molecule has 1 atom stereocenters. The first-order valence-electron chi connectivity index (χ1n) is 5.97. The van der Waals surface area contributed by atoms with Crippen LogP contribution >= 0.6 is 11.3 Å². The topological polar surface area (TPSA) is 27.0 Å². The summed E-state index contributed by atoms with van der Waals surface area (Å²) in [5.74, 6) is 0. The Kier molecular flexibility index (Phi) is 2.84. The van der Waals surface area contributed by atoms with E-state index in [1.807, 2.05) is 0 Å². The summed E-state index contributed by atoms with van der Waals surface area (Å²) < 4.78 is 1.34. The van der Waals surface area contributed by atoms with Gasteiger partial charge in [-0.3, -0.25) is 4.90 Å². The van der Waals surface area contributed by atoms with E-state index in [0.717, 1.165) is 25.9 Å². The number of hydrogen-bond acceptors (Lipinski definition) is 3. The molecule has 1 aliphatic heterocycles. The van der Waals surface area contributed by atoms with E-state index in [0.29, 0.717) is 0 Å². The fourth-order valence-corrected chi connectivity index (χ4v) is 3.49. The van der Waals surface area contributed by atoms with Crippen LogP contribution in [0.2, 0.25) is 0 Å². The van der Waals surface area contributed by atoms with Gasteiger partial charge in [-0.05, 0) is 41.8 Å². The Hall–Kier alpha value is -1.37. The molecule has 0 amide bonds. The molecular formula is C14H14N2S. The lowest BCUT2D eigenvalue weighted by Gasteiger charge is -2.18. The molecule has 2 nitrogen and oxygen atoms in total. The Morgan fingerprint density at radius 1 is 1.41 bits per heavy atom. The van der Waals surface area contributed by atoms with Gasteiger partial charge >= 0.3 is 0 Å². The van der Waals surface area contributed by atoms with Gasteiger partial charge in [0, 0.05) is 11.2 Å². The summed E-state index contributed by atoms with van der Waals surface area (Å²) in [6.45, 7) is 1.98. The molecule has 0 saturated carbocycles. The predicted molar refractivity (Wildman–Crippen MR) is 70.9 cm³/mol. The van der Waals surface area contributed by atoms with E-state index in [2.05, 4.69) is 40.6 Å². The molecule has 0 bridgehead atoms. The molecule has 1 aromatic carbocycles. The summed E-state index contributed by atoms with van der Waals surface area (Å²) in [6.07, 6.45) is 2.18. The van der Waals surface area contributed by atoms with Crippen LogP contribution in [0.4, 0.5) is 0 Å². The molecule has 2 aromatic rings. The highest BCUT2D eigenvalue weighted by Crippen LogP contribution is 2.28. The molecule has 1 aliphatic rings. The standard InChI is InChI=1S/C14H14N2S/c15-8-12-4-3-7-16(12)9-11-10-17-14-6-2-1-5-13(11)14/h1-2,5-6,10,12H,3-4,7,9H2. The zero-order valence-electron chi connectivity index (χ0n) is 9.60. The molecule has 2 heterocycles. The van der Waals surface area contributed by atoms with Gasteiger partial charge in [0.2, 0.25) is 0 Å². The number of likely N-dealkylation sites (tertiary alicyclic amines) is 1. The van der Waals surface area contributed by atoms with Crippen LogP contribution in [0.1, 0.15) is 18.4 Å². The molecule has 86 valence electrons. The highest BCUT2D eigenvalue weighted by molar-refractivity contribution is 7.17. The molecule has 3 heteroatoms. The number of benzene rings is 1. The molecule has 17 heavy (non-hydrogen) atoms. The van der Waals surface area contributed by atoms with E-state index in [9.17, 15) is 0 Å². The van der Waals surface area contributed by atoms with Crippen LogP contribution in [0.15, 0.2) is 29.6 Å². The highest BCUT2D eigenvalue weighted by atomic mass is 32.1. The van der Waals surface area contributed by atoms with Crippen molar-refractivity contribution in [3.05, 3.63) is 35.2 Å². The van der Waals surface area contributed by atoms with Crippen LogP contribution < -0.4 is 0 Å². The van der Waals surface area contributed by atoms with Crippen molar-refractivity contribution in [1.29, 1.82) is 5.26 Å². The molecule has 0 radical (unpaired) electrons. The van der Waals surface area contributed by atoms with E-state index in [1.165, 1.54) is 15.6 Å². The van der Waals surface area contributed by atoms with Crippen LogP contribution in [-0.2, 0) is 6.54 Å². The maximum atomic E-state index is 9.09. The van der Waals surface area contributed by atoms with Crippen LogP contribution in [0.3, 0.4) is 0 Å². The summed E-state index contributed by atoms with van der Waals surface area (Å²) in [7, 11) is 0. The molecular weight excluding hydrogens is 228 g/mol. The van der Waals surface area contributed by atoms with Gasteiger partial charge in [0.05, 0.1) is 12.1 Å². The van der Waals surface area contributed by atoms with E-state index in [1.54, 1.807) is 11.3 Å². The molecule has 1 saturated heterocycles. The van der Waals surface area contributed by atoms with Crippen molar-refractivity contribution < 1.29 is 0 Å². The SMILES string of the molecule is N#CC1CCCN1Cc1csc2ccccc12.